The van der Waals surface area contributed by atoms with Crippen LogP contribution in [0.3, 0.4) is 0 Å². The molecule has 0 saturated heterocycles. The van der Waals surface area contributed by atoms with Crippen molar-refractivity contribution in [2.75, 3.05) is 18.2 Å². The van der Waals surface area contributed by atoms with Crippen molar-refractivity contribution in [3.63, 3.8) is 0 Å². The molecular weight excluding hydrogens is 424 g/mol. The first kappa shape index (κ1) is 21.8. The SMILES string of the molecule is C=CCn1c(SCC(=O)Nc2sc(CC)cc2C(=O)OC)nnc1-c1ccoc1C. The Morgan fingerprint density at radius 1 is 1.43 bits per heavy atom. The number of aryl methyl sites for hydroxylation is 2. The zero-order valence-corrected chi connectivity index (χ0v) is 18.6. The Bertz CT molecular complexity index is 1070. The lowest BCUT2D eigenvalue weighted by molar-refractivity contribution is -0.113. The summed E-state index contributed by atoms with van der Waals surface area (Å²) >= 11 is 2.63. The molecule has 1 N–H and O–H groups in total. The van der Waals surface area contributed by atoms with Crippen LogP contribution in [-0.2, 0) is 22.5 Å². The van der Waals surface area contributed by atoms with E-state index in [0.717, 1.165) is 22.6 Å². The summed E-state index contributed by atoms with van der Waals surface area (Å²) in [5.41, 5.74) is 1.21. The van der Waals surface area contributed by atoms with Crippen molar-refractivity contribution in [3.05, 3.63) is 47.3 Å². The summed E-state index contributed by atoms with van der Waals surface area (Å²) in [6.45, 7) is 8.12. The second-order valence-corrected chi connectivity index (χ2v) is 8.31. The van der Waals surface area contributed by atoms with Gasteiger partial charge in [-0.3, -0.25) is 9.36 Å². The molecule has 158 valence electrons. The molecule has 0 bridgehead atoms. The molecule has 0 aliphatic carbocycles. The number of amides is 1. The summed E-state index contributed by atoms with van der Waals surface area (Å²) in [4.78, 5) is 25.5. The molecular formula is C20H22N4O4S2. The lowest BCUT2D eigenvalue weighted by Gasteiger charge is -2.08. The standard InChI is InChI=1S/C20H22N4O4S2/c1-5-8-24-17(14-7-9-28-12(14)3)22-23-20(24)29-11-16(25)21-18-15(19(26)27-4)10-13(6-2)30-18/h5,7,9-10H,1,6,8,11H2,2-4H3,(H,21,25). The van der Waals surface area contributed by atoms with Gasteiger partial charge in [-0.05, 0) is 25.5 Å². The lowest BCUT2D eigenvalue weighted by Crippen LogP contribution is -2.16. The minimum Gasteiger partial charge on any atom is -0.469 e. The Morgan fingerprint density at radius 2 is 2.23 bits per heavy atom. The van der Waals surface area contributed by atoms with E-state index in [4.69, 9.17) is 9.15 Å². The van der Waals surface area contributed by atoms with Crippen molar-refractivity contribution in [3.8, 4) is 11.4 Å². The average molecular weight is 447 g/mol. The summed E-state index contributed by atoms with van der Waals surface area (Å²) in [6.07, 6.45) is 4.11. The number of esters is 1. The maximum absolute atomic E-state index is 12.5. The van der Waals surface area contributed by atoms with Crippen LogP contribution in [0.5, 0.6) is 0 Å². The maximum atomic E-state index is 12.5. The number of ether oxygens (including phenoxy) is 1. The highest BCUT2D eigenvalue weighted by atomic mass is 32.2. The van der Waals surface area contributed by atoms with Crippen LogP contribution in [0, 0.1) is 6.92 Å². The molecule has 0 aliphatic rings. The molecule has 1 amide bonds. The normalized spacial score (nSPS) is 10.8. The fourth-order valence-electron chi connectivity index (χ4n) is 2.77. The van der Waals surface area contributed by atoms with Crippen LogP contribution in [0.1, 0.15) is 27.9 Å². The Hall–Kier alpha value is -2.85. The van der Waals surface area contributed by atoms with Crippen molar-refractivity contribution in [1.29, 1.82) is 0 Å². The molecule has 0 radical (unpaired) electrons. The first-order chi connectivity index (χ1) is 14.5. The number of hydrogen-bond acceptors (Lipinski definition) is 8. The van der Waals surface area contributed by atoms with E-state index in [0.29, 0.717) is 28.1 Å². The molecule has 3 aromatic rings. The number of furan rings is 1. The van der Waals surface area contributed by atoms with E-state index in [1.165, 1.54) is 30.2 Å². The van der Waals surface area contributed by atoms with E-state index >= 15 is 0 Å². The number of rotatable bonds is 9. The van der Waals surface area contributed by atoms with E-state index in [-0.39, 0.29) is 11.7 Å². The third-order valence-corrected chi connectivity index (χ3v) is 6.41. The quantitative estimate of drug-likeness (QED) is 0.299. The van der Waals surface area contributed by atoms with E-state index < -0.39 is 5.97 Å². The van der Waals surface area contributed by atoms with Crippen LogP contribution in [0.25, 0.3) is 11.4 Å². The van der Waals surface area contributed by atoms with Crippen molar-refractivity contribution in [2.45, 2.75) is 32.0 Å². The van der Waals surface area contributed by atoms with E-state index in [1.54, 1.807) is 18.4 Å². The fourth-order valence-corrected chi connectivity index (χ4v) is 4.52. The summed E-state index contributed by atoms with van der Waals surface area (Å²) in [5, 5.41) is 12.4. The molecule has 3 aromatic heterocycles. The predicted octanol–water partition coefficient (Wildman–Crippen LogP) is 4.17. The fraction of sp³-hybridized carbons (Fsp3) is 0.300. The summed E-state index contributed by atoms with van der Waals surface area (Å²) in [6, 6.07) is 3.58. The van der Waals surface area contributed by atoms with Crippen LogP contribution < -0.4 is 5.32 Å². The van der Waals surface area contributed by atoms with Gasteiger partial charge in [0.15, 0.2) is 11.0 Å². The monoisotopic (exact) mass is 446 g/mol. The number of thiophene rings is 1. The minimum atomic E-state index is -0.472. The van der Waals surface area contributed by atoms with Gasteiger partial charge in [0.2, 0.25) is 5.91 Å². The first-order valence-corrected chi connectivity index (χ1v) is 11.0. The number of carbonyl (C=O) groups is 2. The number of aromatic nitrogens is 3. The van der Waals surface area contributed by atoms with Crippen LogP contribution in [0.4, 0.5) is 5.00 Å². The number of methoxy groups -OCH3 is 1. The number of anilines is 1. The van der Waals surface area contributed by atoms with Crippen LogP contribution >= 0.6 is 23.1 Å². The van der Waals surface area contributed by atoms with Crippen molar-refractivity contribution >= 4 is 40.0 Å². The highest BCUT2D eigenvalue weighted by Crippen LogP contribution is 2.30. The van der Waals surface area contributed by atoms with Gasteiger partial charge in [-0.25, -0.2) is 4.79 Å². The van der Waals surface area contributed by atoms with Gasteiger partial charge in [0.1, 0.15) is 10.8 Å². The van der Waals surface area contributed by atoms with E-state index in [9.17, 15) is 9.59 Å². The topological polar surface area (TPSA) is 99.2 Å². The second kappa shape index (κ2) is 9.77. The van der Waals surface area contributed by atoms with Crippen LogP contribution in [0.15, 0.2) is 40.6 Å². The predicted molar refractivity (Wildman–Crippen MR) is 117 cm³/mol. The number of hydrogen-bond donors (Lipinski definition) is 1. The number of allylic oxidation sites excluding steroid dienone is 1. The molecule has 0 atom stereocenters. The minimum absolute atomic E-state index is 0.111. The van der Waals surface area contributed by atoms with Gasteiger partial charge in [0.05, 0.1) is 30.3 Å². The molecule has 0 aromatic carbocycles. The van der Waals surface area contributed by atoms with Crippen molar-refractivity contribution in [1.82, 2.24) is 14.8 Å². The molecule has 30 heavy (non-hydrogen) atoms. The highest BCUT2D eigenvalue weighted by Gasteiger charge is 2.20. The number of nitrogens with one attached hydrogen (secondary N) is 1. The molecule has 3 heterocycles. The molecule has 0 saturated carbocycles. The van der Waals surface area contributed by atoms with Crippen molar-refractivity contribution in [2.24, 2.45) is 0 Å². The third kappa shape index (κ3) is 4.65. The third-order valence-electron chi connectivity index (χ3n) is 4.25. The van der Waals surface area contributed by atoms with Crippen LogP contribution in [-0.4, -0.2) is 39.5 Å². The molecule has 0 spiro atoms. The van der Waals surface area contributed by atoms with Gasteiger partial charge in [0.25, 0.3) is 0 Å². The number of nitrogens with zero attached hydrogens (tertiary/aromatic N) is 3. The molecule has 0 aliphatic heterocycles. The zero-order chi connectivity index (χ0) is 21.7. The Kier molecular flexibility index (Phi) is 7.11. The van der Waals surface area contributed by atoms with Gasteiger partial charge < -0.3 is 14.5 Å². The van der Waals surface area contributed by atoms with E-state index in [2.05, 4.69) is 22.1 Å². The summed E-state index contributed by atoms with van der Waals surface area (Å²) in [5.74, 6) is 0.785. The molecule has 8 nitrogen and oxygen atoms in total. The van der Waals surface area contributed by atoms with Gasteiger partial charge in [0, 0.05) is 11.4 Å². The highest BCUT2D eigenvalue weighted by molar-refractivity contribution is 7.99. The van der Waals surface area contributed by atoms with Gasteiger partial charge in [-0.2, -0.15) is 0 Å². The lowest BCUT2D eigenvalue weighted by atomic mass is 10.2. The molecule has 10 heteroatoms. The maximum Gasteiger partial charge on any atom is 0.340 e. The Balaban J connectivity index is 1.73. The largest absolute Gasteiger partial charge is 0.469 e. The van der Waals surface area contributed by atoms with Crippen LogP contribution in [0.2, 0.25) is 0 Å². The zero-order valence-electron chi connectivity index (χ0n) is 16.9. The second-order valence-electron chi connectivity index (χ2n) is 6.23. The van der Waals surface area contributed by atoms with E-state index in [1.807, 2.05) is 24.5 Å². The summed E-state index contributed by atoms with van der Waals surface area (Å²) < 4.78 is 12.0. The summed E-state index contributed by atoms with van der Waals surface area (Å²) in [7, 11) is 1.32. The molecule has 0 unspecified atom stereocenters. The first-order valence-electron chi connectivity index (χ1n) is 9.20. The molecule has 0 fully saturated rings. The van der Waals surface area contributed by atoms with Gasteiger partial charge in [-0.15, -0.1) is 28.1 Å². The average Bonchev–Trinajstić information content (AvgIpc) is 3.44. The number of carbonyl (C=O) groups excluding carboxylic acids is 2. The Labute approximate surface area is 182 Å². The molecule has 3 rings (SSSR count). The smallest absolute Gasteiger partial charge is 0.340 e. The van der Waals surface area contributed by atoms with Gasteiger partial charge >= 0.3 is 5.97 Å². The van der Waals surface area contributed by atoms with Gasteiger partial charge in [-0.1, -0.05) is 24.8 Å². The Morgan fingerprint density at radius 3 is 2.87 bits per heavy atom. The van der Waals surface area contributed by atoms with Crippen molar-refractivity contribution < 1.29 is 18.7 Å². The number of thioether (sulfide) groups is 1.